The zero-order chi connectivity index (χ0) is 14.1. The Morgan fingerprint density at radius 2 is 2.10 bits per heavy atom. The predicted molar refractivity (Wildman–Crippen MR) is 75.1 cm³/mol. The van der Waals surface area contributed by atoms with Crippen molar-refractivity contribution in [1.82, 2.24) is 15.1 Å². The van der Waals surface area contributed by atoms with Gasteiger partial charge in [-0.05, 0) is 0 Å². The molecule has 0 aromatic carbocycles. The smallest absolute Gasteiger partial charge is 0.324 e. The largest absolute Gasteiger partial charge is 0.335 e. The third-order valence-corrected chi connectivity index (χ3v) is 4.71. The van der Waals surface area contributed by atoms with Crippen LogP contribution in [-0.2, 0) is 0 Å². The lowest BCUT2D eigenvalue weighted by atomic mass is 10.1. The van der Waals surface area contributed by atoms with Crippen LogP contribution in [0.4, 0.5) is 5.00 Å². The molecule has 2 fully saturated rings. The van der Waals surface area contributed by atoms with E-state index in [1.165, 1.54) is 6.07 Å². The van der Waals surface area contributed by atoms with Crippen molar-refractivity contribution in [2.75, 3.05) is 39.3 Å². The highest BCUT2D eigenvalue weighted by Crippen LogP contribution is 2.25. The number of carbonyl (C=O) groups excluding carboxylic acids is 1. The molecule has 0 radical (unpaired) electrons. The number of piperazine rings is 1. The molecule has 0 spiro atoms. The SMILES string of the molecule is O=C(c1csc([N+](=O)[O-])c1)N1CC(N2CCNCC2)C1. The summed E-state index contributed by atoms with van der Waals surface area (Å²) in [7, 11) is 0. The molecule has 0 saturated carbocycles. The molecule has 1 aromatic heterocycles. The van der Waals surface area contributed by atoms with Crippen LogP contribution in [0.25, 0.3) is 0 Å². The Hall–Kier alpha value is -1.51. The summed E-state index contributed by atoms with van der Waals surface area (Å²) < 4.78 is 0. The fraction of sp³-hybridized carbons (Fsp3) is 0.583. The van der Waals surface area contributed by atoms with Crippen molar-refractivity contribution in [2.24, 2.45) is 0 Å². The van der Waals surface area contributed by atoms with Crippen LogP contribution in [0.15, 0.2) is 11.4 Å². The number of hydrogen-bond donors (Lipinski definition) is 1. The van der Waals surface area contributed by atoms with Crippen LogP contribution in [0.2, 0.25) is 0 Å². The van der Waals surface area contributed by atoms with Gasteiger partial charge >= 0.3 is 5.00 Å². The topological polar surface area (TPSA) is 78.7 Å². The van der Waals surface area contributed by atoms with E-state index in [-0.39, 0.29) is 10.9 Å². The zero-order valence-corrected chi connectivity index (χ0v) is 11.8. The summed E-state index contributed by atoms with van der Waals surface area (Å²) in [4.78, 5) is 26.5. The lowest BCUT2D eigenvalue weighted by Gasteiger charge is -2.46. The van der Waals surface area contributed by atoms with E-state index in [0.29, 0.717) is 11.6 Å². The van der Waals surface area contributed by atoms with Crippen LogP contribution >= 0.6 is 11.3 Å². The molecule has 0 bridgehead atoms. The molecule has 2 aliphatic heterocycles. The maximum absolute atomic E-state index is 12.2. The molecule has 1 aromatic rings. The number of carbonyl (C=O) groups is 1. The molecule has 20 heavy (non-hydrogen) atoms. The summed E-state index contributed by atoms with van der Waals surface area (Å²) in [5.74, 6) is -0.0965. The van der Waals surface area contributed by atoms with Crippen LogP contribution < -0.4 is 5.32 Å². The van der Waals surface area contributed by atoms with Crippen molar-refractivity contribution in [1.29, 1.82) is 0 Å². The highest BCUT2D eigenvalue weighted by Gasteiger charge is 2.36. The van der Waals surface area contributed by atoms with Gasteiger partial charge in [-0.3, -0.25) is 19.8 Å². The number of amides is 1. The normalized spacial score (nSPS) is 20.7. The van der Waals surface area contributed by atoms with Crippen molar-refractivity contribution in [3.05, 3.63) is 27.1 Å². The molecule has 8 heteroatoms. The lowest BCUT2D eigenvalue weighted by molar-refractivity contribution is -0.380. The fourth-order valence-electron chi connectivity index (χ4n) is 2.61. The van der Waals surface area contributed by atoms with Gasteiger partial charge in [-0.2, -0.15) is 0 Å². The van der Waals surface area contributed by atoms with Crippen LogP contribution in [0.1, 0.15) is 10.4 Å². The van der Waals surface area contributed by atoms with E-state index in [9.17, 15) is 14.9 Å². The number of nitrogens with zero attached hydrogens (tertiary/aromatic N) is 3. The molecule has 7 nitrogen and oxygen atoms in total. The van der Waals surface area contributed by atoms with Gasteiger partial charge in [-0.1, -0.05) is 11.3 Å². The molecule has 3 heterocycles. The molecular formula is C12H16N4O3S. The molecule has 0 unspecified atom stereocenters. The standard InChI is InChI=1S/C12H16N4O3S/c17-12(9-5-11(16(18)19)20-8-9)15-6-10(7-15)14-3-1-13-2-4-14/h5,8,10,13H,1-4,6-7H2. The third-order valence-electron chi connectivity index (χ3n) is 3.83. The highest BCUT2D eigenvalue weighted by atomic mass is 32.1. The highest BCUT2D eigenvalue weighted by molar-refractivity contribution is 7.13. The minimum absolute atomic E-state index is 0.0209. The number of nitro groups is 1. The summed E-state index contributed by atoms with van der Waals surface area (Å²) in [6, 6.07) is 1.81. The second kappa shape index (κ2) is 5.47. The summed E-state index contributed by atoms with van der Waals surface area (Å²) in [5, 5.41) is 15.5. The van der Waals surface area contributed by atoms with Crippen LogP contribution in [0, 0.1) is 10.1 Å². The number of thiophene rings is 1. The van der Waals surface area contributed by atoms with Crippen LogP contribution in [-0.4, -0.2) is 65.9 Å². The summed E-state index contributed by atoms with van der Waals surface area (Å²) in [5.41, 5.74) is 0.431. The Morgan fingerprint density at radius 1 is 1.40 bits per heavy atom. The maximum atomic E-state index is 12.2. The zero-order valence-electron chi connectivity index (χ0n) is 10.9. The van der Waals surface area contributed by atoms with Crippen LogP contribution in [0.5, 0.6) is 0 Å². The second-order valence-corrected chi connectivity index (χ2v) is 5.97. The second-order valence-electron chi connectivity index (χ2n) is 5.08. The quantitative estimate of drug-likeness (QED) is 0.644. The molecule has 3 rings (SSSR count). The van der Waals surface area contributed by atoms with Gasteiger partial charge < -0.3 is 10.2 Å². The maximum Gasteiger partial charge on any atom is 0.324 e. The average molecular weight is 296 g/mol. The van der Waals surface area contributed by atoms with Crippen molar-refractivity contribution in [3.8, 4) is 0 Å². The summed E-state index contributed by atoms with van der Waals surface area (Å²) >= 11 is 1.00. The van der Waals surface area contributed by atoms with Gasteiger partial charge in [-0.15, -0.1) is 0 Å². The van der Waals surface area contributed by atoms with Gasteiger partial charge in [0.1, 0.15) is 0 Å². The Kier molecular flexibility index (Phi) is 3.68. The van der Waals surface area contributed by atoms with E-state index < -0.39 is 4.92 Å². The van der Waals surface area contributed by atoms with Gasteiger partial charge in [0, 0.05) is 56.8 Å². The molecule has 108 valence electrons. The van der Waals surface area contributed by atoms with Crippen molar-refractivity contribution in [3.63, 3.8) is 0 Å². The molecule has 1 N–H and O–H groups in total. The molecule has 2 saturated heterocycles. The Morgan fingerprint density at radius 3 is 2.70 bits per heavy atom. The van der Waals surface area contributed by atoms with Crippen molar-refractivity contribution in [2.45, 2.75) is 6.04 Å². The van der Waals surface area contributed by atoms with E-state index in [1.807, 2.05) is 0 Å². The van der Waals surface area contributed by atoms with E-state index in [4.69, 9.17) is 0 Å². The molecule has 0 atom stereocenters. The third kappa shape index (κ3) is 2.54. The fourth-order valence-corrected chi connectivity index (χ4v) is 3.31. The first-order valence-corrected chi connectivity index (χ1v) is 7.50. The minimum atomic E-state index is -0.457. The summed E-state index contributed by atoms with van der Waals surface area (Å²) in [6.07, 6.45) is 0. The van der Waals surface area contributed by atoms with Gasteiger partial charge in [0.05, 0.1) is 10.5 Å². The van der Waals surface area contributed by atoms with Crippen molar-refractivity contribution >= 4 is 22.2 Å². The molecular weight excluding hydrogens is 280 g/mol. The predicted octanol–water partition coefficient (Wildman–Crippen LogP) is 0.386. The van der Waals surface area contributed by atoms with Crippen molar-refractivity contribution < 1.29 is 9.72 Å². The number of nitrogens with one attached hydrogen (secondary N) is 1. The van der Waals surface area contributed by atoms with E-state index in [1.54, 1.807) is 10.3 Å². The van der Waals surface area contributed by atoms with Gasteiger partial charge in [0.25, 0.3) is 5.91 Å². The van der Waals surface area contributed by atoms with E-state index >= 15 is 0 Å². The lowest BCUT2D eigenvalue weighted by Crippen LogP contribution is -2.63. The molecule has 1 amide bonds. The van der Waals surface area contributed by atoms with Gasteiger partial charge in [0.2, 0.25) is 0 Å². The Labute approximate surface area is 120 Å². The Bertz CT molecular complexity index is 521. The molecule has 2 aliphatic rings. The Balaban J connectivity index is 1.55. The minimum Gasteiger partial charge on any atom is -0.335 e. The number of hydrogen-bond acceptors (Lipinski definition) is 6. The van der Waals surface area contributed by atoms with Gasteiger partial charge in [-0.25, -0.2) is 0 Å². The first-order valence-electron chi connectivity index (χ1n) is 6.62. The van der Waals surface area contributed by atoms with Crippen LogP contribution in [0.3, 0.4) is 0 Å². The molecule has 0 aliphatic carbocycles. The first-order chi connectivity index (χ1) is 9.65. The monoisotopic (exact) mass is 296 g/mol. The van der Waals surface area contributed by atoms with E-state index in [2.05, 4.69) is 10.2 Å². The average Bonchev–Trinajstić information content (AvgIpc) is 2.88. The van der Waals surface area contributed by atoms with E-state index in [0.717, 1.165) is 50.6 Å². The number of rotatable bonds is 3. The van der Waals surface area contributed by atoms with Gasteiger partial charge in [0.15, 0.2) is 0 Å². The summed E-state index contributed by atoms with van der Waals surface area (Å²) in [6.45, 7) is 5.50. The first kappa shape index (κ1) is 13.5. The number of likely N-dealkylation sites (tertiary alicyclic amines) is 1.